The molecule has 1 N–H and O–H groups in total. The van der Waals surface area contributed by atoms with E-state index in [1.807, 2.05) is 35.2 Å². The third-order valence-electron chi connectivity index (χ3n) is 5.38. The molecule has 0 radical (unpaired) electrons. The monoisotopic (exact) mass is 497 g/mol. The summed E-state index contributed by atoms with van der Waals surface area (Å²) in [7, 11) is 0. The van der Waals surface area contributed by atoms with E-state index < -0.39 is 0 Å². The molecular weight excluding hydrogens is 474 g/mol. The molecule has 4 rings (SSSR count). The van der Waals surface area contributed by atoms with Crippen molar-refractivity contribution in [3.63, 3.8) is 0 Å². The Hall–Kier alpha value is -3.13. The topological polar surface area (TPSA) is 79.0 Å². The smallest absolute Gasteiger partial charge is 0.294 e. The second-order valence-electron chi connectivity index (χ2n) is 7.71. The Morgan fingerprint density at radius 1 is 1.16 bits per heavy atom. The summed E-state index contributed by atoms with van der Waals surface area (Å²) in [6.45, 7) is 1.76. The highest BCUT2D eigenvalue weighted by Crippen LogP contribution is 2.35. The lowest BCUT2D eigenvalue weighted by Crippen LogP contribution is -2.44. The highest BCUT2D eigenvalue weighted by molar-refractivity contribution is 9.10. The van der Waals surface area contributed by atoms with Crippen molar-refractivity contribution in [2.75, 3.05) is 31.1 Å². The molecule has 1 fully saturated rings. The van der Waals surface area contributed by atoms with E-state index in [4.69, 9.17) is 4.74 Å². The van der Waals surface area contributed by atoms with Crippen molar-refractivity contribution < 1.29 is 19.1 Å². The number of hydrogen-bond acceptors (Lipinski definition) is 4. The molecule has 3 amide bonds. The molecule has 2 aliphatic rings. The van der Waals surface area contributed by atoms with Gasteiger partial charge in [-0.2, -0.15) is 0 Å². The standard InChI is InChI=1S/C24H24BrN3O4/c25-18-7-3-6-17(14-18)15-21-24(31)28(19-8-1-2-9-20(19)32-21)16-22(29)26-11-5-13-27-12-4-10-23(27)30/h1-3,6-9,14-15H,4-5,10-13,16H2,(H,26,29)/b21-15+. The van der Waals surface area contributed by atoms with Gasteiger partial charge in [-0.3, -0.25) is 19.3 Å². The number of benzene rings is 2. The van der Waals surface area contributed by atoms with Crippen LogP contribution >= 0.6 is 15.9 Å². The third-order valence-corrected chi connectivity index (χ3v) is 5.87. The molecule has 0 aliphatic carbocycles. The number of amides is 3. The molecule has 2 aromatic carbocycles. The fourth-order valence-corrected chi connectivity index (χ4v) is 4.22. The number of carbonyl (C=O) groups is 3. The number of likely N-dealkylation sites (tertiary alicyclic amines) is 1. The molecule has 2 heterocycles. The first kappa shape index (κ1) is 22.1. The maximum atomic E-state index is 13.1. The number of carbonyl (C=O) groups excluding carboxylic acids is 3. The average molecular weight is 498 g/mol. The van der Waals surface area contributed by atoms with Crippen molar-refractivity contribution in [3.8, 4) is 5.75 Å². The molecule has 2 aliphatic heterocycles. The number of para-hydroxylation sites is 2. The van der Waals surface area contributed by atoms with Crippen LogP contribution in [0.5, 0.6) is 5.75 Å². The van der Waals surface area contributed by atoms with Gasteiger partial charge in [-0.25, -0.2) is 0 Å². The van der Waals surface area contributed by atoms with Crippen LogP contribution in [-0.2, 0) is 14.4 Å². The van der Waals surface area contributed by atoms with Crippen LogP contribution in [0.3, 0.4) is 0 Å². The van der Waals surface area contributed by atoms with E-state index in [9.17, 15) is 14.4 Å². The SMILES string of the molecule is O=C(CN1C(=O)/C(=C\c2cccc(Br)c2)Oc2ccccc21)NCCCN1CCCC1=O. The van der Waals surface area contributed by atoms with E-state index in [0.29, 0.717) is 37.4 Å². The van der Waals surface area contributed by atoms with E-state index in [1.165, 1.54) is 4.90 Å². The zero-order chi connectivity index (χ0) is 22.5. The summed E-state index contributed by atoms with van der Waals surface area (Å²) in [4.78, 5) is 40.7. The van der Waals surface area contributed by atoms with Gasteiger partial charge in [0.1, 0.15) is 6.54 Å². The van der Waals surface area contributed by atoms with Gasteiger partial charge < -0.3 is 15.0 Å². The molecule has 2 aromatic rings. The number of fused-ring (bicyclic) bond motifs is 1. The second kappa shape index (κ2) is 9.99. The minimum absolute atomic E-state index is 0.113. The first-order chi connectivity index (χ1) is 15.5. The number of hydrogen-bond donors (Lipinski definition) is 1. The summed E-state index contributed by atoms with van der Waals surface area (Å²) in [5, 5.41) is 2.85. The zero-order valence-electron chi connectivity index (χ0n) is 17.6. The average Bonchev–Trinajstić information content (AvgIpc) is 3.19. The fraction of sp³-hybridized carbons (Fsp3) is 0.292. The van der Waals surface area contributed by atoms with Gasteiger partial charge in [-0.1, -0.05) is 40.2 Å². The number of nitrogens with one attached hydrogen (secondary N) is 1. The lowest BCUT2D eigenvalue weighted by molar-refractivity contribution is -0.127. The zero-order valence-corrected chi connectivity index (χ0v) is 19.1. The van der Waals surface area contributed by atoms with Gasteiger partial charge >= 0.3 is 0 Å². The van der Waals surface area contributed by atoms with Crippen molar-refractivity contribution >= 4 is 45.4 Å². The number of nitrogens with zero attached hydrogens (tertiary/aromatic N) is 2. The minimum Gasteiger partial charge on any atom is -0.449 e. The van der Waals surface area contributed by atoms with Crippen LogP contribution in [0.1, 0.15) is 24.8 Å². The van der Waals surface area contributed by atoms with Crippen molar-refractivity contribution in [1.29, 1.82) is 0 Å². The number of halogens is 1. The lowest BCUT2D eigenvalue weighted by atomic mass is 10.1. The van der Waals surface area contributed by atoms with Crippen molar-refractivity contribution in [1.82, 2.24) is 10.2 Å². The maximum absolute atomic E-state index is 13.1. The summed E-state index contributed by atoms with van der Waals surface area (Å²) in [5.74, 6) is 0.221. The van der Waals surface area contributed by atoms with Gasteiger partial charge in [0.2, 0.25) is 11.8 Å². The van der Waals surface area contributed by atoms with Crippen molar-refractivity contribution in [2.24, 2.45) is 0 Å². The van der Waals surface area contributed by atoms with Gasteiger partial charge in [0.15, 0.2) is 11.5 Å². The van der Waals surface area contributed by atoms with E-state index >= 15 is 0 Å². The van der Waals surface area contributed by atoms with Crippen molar-refractivity contribution in [3.05, 3.63) is 64.3 Å². The number of anilines is 1. The molecule has 0 atom stereocenters. The summed E-state index contributed by atoms with van der Waals surface area (Å²) in [6, 6.07) is 14.7. The van der Waals surface area contributed by atoms with E-state index in [1.54, 1.807) is 24.3 Å². The number of rotatable bonds is 7. The molecule has 0 bridgehead atoms. The van der Waals surface area contributed by atoms with Crippen LogP contribution in [0.4, 0.5) is 5.69 Å². The van der Waals surface area contributed by atoms with Crippen LogP contribution in [0, 0.1) is 0 Å². The predicted octanol–water partition coefficient (Wildman–Crippen LogP) is 3.34. The van der Waals surface area contributed by atoms with Crippen LogP contribution < -0.4 is 15.0 Å². The normalized spacial score (nSPS) is 16.8. The first-order valence-electron chi connectivity index (χ1n) is 10.6. The van der Waals surface area contributed by atoms with Gasteiger partial charge in [0.05, 0.1) is 5.69 Å². The highest BCUT2D eigenvalue weighted by Gasteiger charge is 2.31. The Morgan fingerprint density at radius 3 is 2.78 bits per heavy atom. The van der Waals surface area contributed by atoms with Crippen LogP contribution in [0.25, 0.3) is 6.08 Å². The molecule has 1 saturated heterocycles. The second-order valence-corrected chi connectivity index (χ2v) is 8.63. The van der Waals surface area contributed by atoms with Crippen LogP contribution in [0.2, 0.25) is 0 Å². The van der Waals surface area contributed by atoms with E-state index in [-0.39, 0.29) is 30.0 Å². The number of ether oxygens (including phenoxy) is 1. The molecule has 0 aromatic heterocycles. The summed E-state index contributed by atoms with van der Waals surface area (Å²) in [6.07, 6.45) is 3.86. The predicted molar refractivity (Wildman–Crippen MR) is 125 cm³/mol. The Kier molecular flexibility index (Phi) is 6.90. The Labute approximate surface area is 195 Å². The Bertz CT molecular complexity index is 1070. The quantitative estimate of drug-likeness (QED) is 0.469. The fourth-order valence-electron chi connectivity index (χ4n) is 3.80. The molecular formula is C24H24BrN3O4. The van der Waals surface area contributed by atoms with Gasteiger partial charge in [-0.15, -0.1) is 0 Å². The van der Waals surface area contributed by atoms with Gasteiger partial charge in [0.25, 0.3) is 5.91 Å². The minimum atomic E-state index is -0.374. The molecule has 7 nitrogen and oxygen atoms in total. The van der Waals surface area contributed by atoms with Crippen molar-refractivity contribution in [2.45, 2.75) is 19.3 Å². The summed E-state index contributed by atoms with van der Waals surface area (Å²) < 4.78 is 6.74. The van der Waals surface area contributed by atoms with Gasteiger partial charge in [-0.05, 0) is 48.7 Å². The Morgan fingerprint density at radius 2 is 2.00 bits per heavy atom. The summed E-state index contributed by atoms with van der Waals surface area (Å²) >= 11 is 3.43. The molecule has 8 heteroatoms. The highest BCUT2D eigenvalue weighted by atomic mass is 79.9. The van der Waals surface area contributed by atoms with E-state index in [0.717, 1.165) is 23.0 Å². The molecule has 166 valence electrons. The van der Waals surface area contributed by atoms with Crippen LogP contribution in [-0.4, -0.2) is 48.8 Å². The molecule has 0 saturated carbocycles. The van der Waals surface area contributed by atoms with Gasteiger partial charge in [0, 0.05) is 30.5 Å². The largest absolute Gasteiger partial charge is 0.449 e. The Balaban J connectivity index is 1.42. The molecule has 0 unspecified atom stereocenters. The van der Waals surface area contributed by atoms with Crippen LogP contribution in [0.15, 0.2) is 58.8 Å². The lowest BCUT2D eigenvalue weighted by Gasteiger charge is -2.30. The third kappa shape index (κ3) is 5.19. The molecule has 0 spiro atoms. The van der Waals surface area contributed by atoms with E-state index in [2.05, 4.69) is 21.2 Å². The maximum Gasteiger partial charge on any atom is 0.294 e. The molecule has 32 heavy (non-hydrogen) atoms. The summed E-state index contributed by atoms with van der Waals surface area (Å²) in [5.41, 5.74) is 1.37. The first-order valence-corrected chi connectivity index (χ1v) is 11.4.